The van der Waals surface area contributed by atoms with Crippen molar-refractivity contribution < 1.29 is 9.21 Å². The fourth-order valence-corrected chi connectivity index (χ4v) is 2.83. The third kappa shape index (κ3) is 2.51. The molecule has 0 aliphatic heterocycles. The second-order valence-electron chi connectivity index (χ2n) is 5.53. The summed E-state index contributed by atoms with van der Waals surface area (Å²) < 4.78 is 5.84. The third-order valence-corrected chi connectivity index (χ3v) is 4.14. The van der Waals surface area contributed by atoms with E-state index in [0.717, 1.165) is 22.0 Å². The maximum Gasteiger partial charge on any atom is 0.291 e. The zero-order chi connectivity index (χ0) is 16.7. The van der Waals surface area contributed by atoms with Crippen molar-refractivity contribution in [2.24, 2.45) is 0 Å². The molecule has 1 amide bonds. The van der Waals surface area contributed by atoms with Gasteiger partial charge in [-0.05, 0) is 49.4 Å². The molecule has 0 aliphatic rings. The van der Waals surface area contributed by atoms with Crippen molar-refractivity contribution in [1.82, 2.24) is 4.98 Å². The van der Waals surface area contributed by atoms with Gasteiger partial charge >= 0.3 is 0 Å². The van der Waals surface area contributed by atoms with Crippen LogP contribution < -0.4 is 5.32 Å². The molecule has 5 heteroatoms. The van der Waals surface area contributed by atoms with Crippen molar-refractivity contribution in [3.05, 3.63) is 71.1 Å². The first-order valence-corrected chi connectivity index (χ1v) is 7.85. The molecular weight excluding hydrogens is 324 g/mol. The number of aryl methyl sites for hydroxylation is 1. The minimum atomic E-state index is -0.308. The lowest BCUT2D eigenvalue weighted by molar-refractivity contribution is 0.0999. The monoisotopic (exact) mass is 336 g/mol. The van der Waals surface area contributed by atoms with Crippen LogP contribution in [-0.4, -0.2) is 10.9 Å². The standard InChI is InChI=1S/C19H13ClN2O2/c1-11-15-10-17(19(23)22-13-8-6-12(20)7-9-13)24-18(15)14-4-2-3-5-16(14)21-11/h2-10H,1H3,(H,22,23). The lowest BCUT2D eigenvalue weighted by Gasteiger charge is -2.02. The van der Waals surface area contributed by atoms with Crippen LogP contribution in [0.15, 0.2) is 59.0 Å². The fourth-order valence-electron chi connectivity index (χ4n) is 2.70. The number of fused-ring (bicyclic) bond motifs is 3. The highest BCUT2D eigenvalue weighted by atomic mass is 35.5. The maximum absolute atomic E-state index is 12.5. The molecule has 0 atom stereocenters. The molecule has 4 nitrogen and oxygen atoms in total. The normalized spacial score (nSPS) is 11.1. The zero-order valence-corrected chi connectivity index (χ0v) is 13.6. The highest BCUT2D eigenvalue weighted by Crippen LogP contribution is 2.29. The van der Waals surface area contributed by atoms with Crippen molar-refractivity contribution in [2.45, 2.75) is 6.92 Å². The van der Waals surface area contributed by atoms with Gasteiger partial charge in [0.1, 0.15) is 5.58 Å². The molecule has 4 aromatic rings. The summed E-state index contributed by atoms with van der Waals surface area (Å²) in [6, 6.07) is 16.4. The summed E-state index contributed by atoms with van der Waals surface area (Å²) in [4.78, 5) is 17.0. The molecule has 0 saturated carbocycles. The topological polar surface area (TPSA) is 55.1 Å². The van der Waals surface area contributed by atoms with Crippen molar-refractivity contribution in [2.75, 3.05) is 5.32 Å². The van der Waals surface area contributed by atoms with E-state index in [0.29, 0.717) is 16.3 Å². The maximum atomic E-state index is 12.5. The number of furan rings is 1. The molecule has 24 heavy (non-hydrogen) atoms. The molecule has 0 aliphatic carbocycles. The molecule has 0 saturated heterocycles. The highest BCUT2D eigenvalue weighted by molar-refractivity contribution is 6.30. The van der Waals surface area contributed by atoms with Crippen LogP contribution in [0.4, 0.5) is 5.69 Å². The Kier molecular flexibility index (Phi) is 3.47. The summed E-state index contributed by atoms with van der Waals surface area (Å²) in [5, 5.41) is 5.15. The summed E-state index contributed by atoms with van der Waals surface area (Å²) in [5.41, 5.74) is 3.02. The molecular formula is C19H13ClN2O2. The van der Waals surface area contributed by atoms with E-state index in [1.165, 1.54) is 0 Å². The number of rotatable bonds is 2. The Morgan fingerprint density at radius 3 is 2.62 bits per heavy atom. The van der Waals surface area contributed by atoms with Crippen LogP contribution in [0.1, 0.15) is 16.2 Å². The summed E-state index contributed by atoms with van der Waals surface area (Å²) >= 11 is 5.85. The van der Waals surface area contributed by atoms with Gasteiger partial charge in [0, 0.05) is 27.2 Å². The SMILES string of the molecule is Cc1nc2ccccc2c2oc(C(=O)Nc3ccc(Cl)cc3)cc12. The van der Waals surface area contributed by atoms with Gasteiger partial charge in [-0.1, -0.05) is 23.7 Å². The van der Waals surface area contributed by atoms with Gasteiger partial charge in [-0.2, -0.15) is 0 Å². The number of pyridine rings is 1. The van der Waals surface area contributed by atoms with Crippen molar-refractivity contribution in [3.8, 4) is 0 Å². The molecule has 4 rings (SSSR count). The molecule has 118 valence electrons. The molecule has 0 bridgehead atoms. The average Bonchev–Trinajstić information content (AvgIpc) is 3.03. The van der Waals surface area contributed by atoms with Gasteiger partial charge in [-0.15, -0.1) is 0 Å². The van der Waals surface area contributed by atoms with Crippen LogP contribution >= 0.6 is 11.6 Å². The van der Waals surface area contributed by atoms with Gasteiger partial charge in [-0.3, -0.25) is 9.78 Å². The van der Waals surface area contributed by atoms with Crippen molar-refractivity contribution in [3.63, 3.8) is 0 Å². The summed E-state index contributed by atoms with van der Waals surface area (Å²) in [7, 11) is 0. The second-order valence-corrected chi connectivity index (χ2v) is 5.97. The number of carbonyl (C=O) groups is 1. The Hall–Kier alpha value is -2.85. The largest absolute Gasteiger partial charge is 0.450 e. The van der Waals surface area contributed by atoms with Crippen molar-refractivity contribution in [1.29, 1.82) is 0 Å². The number of benzene rings is 2. The Balaban J connectivity index is 1.77. The Labute approximate surface area is 143 Å². The Bertz CT molecular complexity index is 1070. The van der Waals surface area contributed by atoms with Crippen LogP contribution in [0.25, 0.3) is 21.9 Å². The van der Waals surface area contributed by atoms with Gasteiger partial charge in [0.2, 0.25) is 0 Å². The lowest BCUT2D eigenvalue weighted by Crippen LogP contribution is -2.10. The van der Waals surface area contributed by atoms with Crippen LogP contribution in [-0.2, 0) is 0 Å². The number of para-hydroxylation sites is 1. The Morgan fingerprint density at radius 1 is 1.08 bits per heavy atom. The first-order chi connectivity index (χ1) is 11.6. The average molecular weight is 337 g/mol. The van der Waals surface area contributed by atoms with Gasteiger partial charge in [0.15, 0.2) is 5.76 Å². The van der Waals surface area contributed by atoms with Gasteiger partial charge in [0.05, 0.1) is 5.52 Å². The van der Waals surface area contributed by atoms with Crippen LogP contribution in [0.5, 0.6) is 0 Å². The zero-order valence-electron chi connectivity index (χ0n) is 12.8. The van der Waals surface area contributed by atoms with E-state index in [1.807, 2.05) is 31.2 Å². The van der Waals surface area contributed by atoms with Crippen LogP contribution in [0, 0.1) is 6.92 Å². The number of nitrogens with zero attached hydrogens (tertiary/aromatic N) is 1. The van der Waals surface area contributed by atoms with E-state index in [9.17, 15) is 4.79 Å². The number of halogens is 1. The Morgan fingerprint density at radius 2 is 1.83 bits per heavy atom. The molecule has 1 N–H and O–H groups in total. The third-order valence-electron chi connectivity index (χ3n) is 3.88. The first-order valence-electron chi connectivity index (χ1n) is 7.47. The number of anilines is 1. The summed E-state index contributed by atoms with van der Waals surface area (Å²) in [5.74, 6) is -0.0572. The van der Waals surface area contributed by atoms with E-state index in [4.69, 9.17) is 16.0 Å². The predicted octanol–water partition coefficient (Wildman–Crippen LogP) is 5.20. The number of hydrogen-bond donors (Lipinski definition) is 1. The smallest absolute Gasteiger partial charge is 0.291 e. The fraction of sp³-hybridized carbons (Fsp3) is 0.0526. The lowest BCUT2D eigenvalue weighted by atomic mass is 10.1. The minimum absolute atomic E-state index is 0.251. The molecule has 2 heterocycles. The van der Waals surface area contributed by atoms with Gasteiger partial charge in [0.25, 0.3) is 5.91 Å². The highest BCUT2D eigenvalue weighted by Gasteiger charge is 2.16. The van der Waals surface area contributed by atoms with E-state index in [1.54, 1.807) is 30.3 Å². The summed E-state index contributed by atoms with van der Waals surface area (Å²) in [6.07, 6.45) is 0. The molecule has 2 aromatic heterocycles. The van der Waals surface area contributed by atoms with Crippen LogP contribution in [0.3, 0.4) is 0 Å². The first kappa shape index (κ1) is 14.7. The molecule has 2 aromatic carbocycles. The van der Waals surface area contributed by atoms with Gasteiger partial charge < -0.3 is 9.73 Å². The number of aromatic nitrogens is 1. The van der Waals surface area contributed by atoms with E-state index < -0.39 is 0 Å². The number of nitrogens with one attached hydrogen (secondary N) is 1. The van der Waals surface area contributed by atoms with E-state index in [2.05, 4.69) is 10.3 Å². The summed E-state index contributed by atoms with van der Waals surface area (Å²) in [6.45, 7) is 1.91. The number of hydrogen-bond acceptors (Lipinski definition) is 3. The quantitative estimate of drug-likeness (QED) is 0.547. The van der Waals surface area contributed by atoms with Crippen LogP contribution in [0.2, 0.25) is 5.02 Å². The van der Waals surface area contributed by atoms with E-state index >= 15 is 0 Å². The molecule has 0 unspecified atom stereocenters. The molecule has 0 fully saturated rings. The van der Waals surface area contributed by atoms with Gasteiger partial charge in [-0.25, -0.2) is 0 Å². The number of amides is 1. The second kappa shape index (κ2) is 5.65. The van der Waals surface area contributed by atoms with Crippen molar-refractivity contribution >= 4 is 45.1 Å². The van der Waals surface area contributed by atoms with E-state index in [-0.39, 0.29) is 11.7 Å². The predicted molar refractivity (Wildman–Crippen MR) is 95.7 cm³/mol. The number of carbonyl (C=O) groups excluding carboxylic acids is 1. The molecule has 0 spiro atoms. The molecule has 0 radical (unpaired) electrons. The minimum Gasteiger partial charge on any atom is -0.450 e.